The third kappa shape index (κ3) is 4.00. The van der Waals surface area contributed by atoms with Crippen molar-refractivity contribution in [1.29, 1.82) is 0 Å². The maximum Gasteiger partial charge on any atom is 0.333 e. The lowest BCUT2D eigenvalue weighted by atomic mass is 10.1. The number of β-amino-alcohol motifs (C(OH)–C–C–N with tert-alkyl or cyclic N) is 1. The van der Waals surface area contributed by atoms with Crippen molar-refractivity contribution < 1.29 is 19.5 Å². The SMILES string of the molecule is Cc1ccc2nc(N3CCN(CCO)CC3)c(C=C3C(=O)N(C)C(=O)N(C)C3=O)c(=O)n2c1. The van der Waals surface area contributed by atoms with E-state index in [9.17, 15) is 24.3 Å². The summed E-state index contributed by atoms with van der Waals surface area (Å²) in [6.07, 6.45) is 2.91. The van der Waals surface area contributed by atoms with Gasteiger partial charge in [-0.1, -0.05) is 6.07 Å². The van der Waals surface area contributed by atoms with E-state index in [0.717, 1.165) is 15.4 Å². The number of piperazine rings is 1. The van der Waals surface area contributed by atoms with Crippen LogP contribution in [-0.2, 0) is 9.59 Å². The molecule has 11 nitrogen and oxygen atoms in total. The quantitative estimate of drug-likeness (QED) is 0.488. The molecule has 2 fully saturated rings. The van der Waals surface area contributed by atoms with Gasteiger partial charge >= 0.3 is 6.03 Å². The van der Waals surface area contributed by atoms with Crippen molar-refractivity contribution in [2.75, 3.05) is 58.3 Å². The van der Waals surface area contributed by atoms with Gasteiger partial charge in [0, 0.05) is 53.0 Å². The summed E-state index contributed by atoms with van der Waals surface area (Å²) in [5.74, 6) is -1.16. The number of barbiturate groups is 1. The zero-order valence-electron chi connectivity index (χ0n) is 18.8. The van der Waals surface area contributed by atoms with Crippen LogP contribution < -0.4 is 10.5 Å². The van der Waals surface area contributed by atoms with Gasteiger partial charge < -0.3 is 10.0 Å². The second-order valence-electron chi connectivity index (χ2n) is 8.21. The van der Waals surface area contributed by atoms with Crippen molar-refractivity contribution in [3.63, 3.8) is 0 Å². The predicted octanol–water partition coefficient (Wildman–Crippen LogP) is -0.449. The van der Waals surface area contributed by atoms with Crippen LogP contribution in [0.4, 0.5) is 10.6 Å². The van der Waals surface area contributed by atoms with E-state index in [2.05, 4.69) is 4.90 Å². The number of likely N-dealkylation sites (N-methyl/N-ethyl adjacent to an activating group) is 2. The molecule has 11 heteroatoms. The minimum Gasteiger partial charge on any atom is -0.395 e. The van der Waals surface area contributed by atoms with Gasteiger partial charge in [-0.2, -0.15) is 0 Å². The highest BCUT2D eigenvalue weighted by atomic mass is 16.3. The molecule has 0 radical (unpaired) electrons. The molecule has 33 heavy (non-hydrogen) atoms. The number of aliphatic hydroxyl groups is 1. The number of pyridine rings is 1. The van der Waals surface area contributed by atoms with E-state index in [4.69, 9.17) is 4.98 Å². The molecule has 2 aromatic rings. The van der Waals surface area contributed by atoms with Gasteiger partial charge in [0.05, 0.1) is 12.2 Å². The van der Waals surface area contributed by atoms with E-state index in [-0.39, 0.29) is 17.7 Å². The molecule has 0 spiro atoms. The van der Waals surface area contributed by atoms with Gasteiger partial charge in [-0.25, -0.2) is 9.78 Å². The minimum atomic E-state index is -0.768. The Morgan fingerprint density at radius 2 is 1.64 bits per heavy atom. The van der Waals surface area contributed by atoms with Gasteiger partial charge in [0.25, 0.3) is 17.4 Å². The average Bonchev–Trinajstić information content (AvgIpc) is 2.81. The normalized spacial score (nSPS) is 18.0. The monoisotopic (exact) mass is 454 g/mol. The van der Waals surface area contributed by atoms with Crippen LogP contribution in [-0.4, -0.2) is 100 Å². The summed E-state index contributed by atoms with van der Waals surface area (Å²) >= 11 is 0. The molecule has 4 heterocycles. The van der Waals surface area contributed by atoms with Crippen LogP contribution in [0.15, 0.2) is 28.7 Å². The lowest BCUT2D eigenvalue weighted by molar-refractivity contribution is -0.134. The van der Waals surface area contributed by atoms with Crippen molar-refractivity contribution in [1.82, 2.24) is 24.1 Å². The Morgan fingerprint density at radius 1 is 1.00 bits per heavy atom. The van der Waals surface area contributed by atoms with Crippen LogP contribution in [0.25, 0.3) is 11.7 Å². The van der Waals surface area contributed by atoms with Crippen LogP contribution in [0.2, 0.25) is 0 Å². The molecule has 2 aliphatic heterocycles. The molecule has 0 bridgehead atoms. The Labute approximate surface area is 190 Å². The van der Waals surface area contributed by atoms with Gasteiger partial charge in [-0.3, -0.25) is 33.5 Å². The number of imide groups is 2. The summed E-state index contributed by atoms with van der Waals surface area (Å²) in [7, 11) is 2.58. The van der Waals surface area contributed by atoms with Crippen molar-refractivity contribution in [2.24, 2.45) is 0 Å². The molecule has 0 atom stereocenters. The smallest absolute Gasteiger partial charge is 0.333 e. The van der Waals surface area contributed by atoms with Crippen LogP contribution in [0, 0.1) is 6.92 Å². The summed E-state index contributed by atoms with van der Waals surface area (Å²) in [5.41, 5.74) is 0.733. The molecule has 0 aliphatic carbocycles. The number of aliphatic hydroxyl groups excluding tert-OH is 1. The Hall–Kier alpha value is -3.57. The molecule has 0 aromatic carbocycles. The Morgan fingerprint density at radius 3 is 2.24 bits per heavy atom. The number of amides is 4. The van der Waals surface area contributed by atoms with Crippen LogP contribution >= 0.6 is 0 Å². The summed E-state index contributed by atoms with van der Waals surface area (Å²) in [4.78, 5) is 61.5. The number of aryl methyl sites for hydroxylation is 1. The Balaban J connectivity index is 1.86. The zero-order valence-corrected chi connectivity index (χ0v) is 18.8. The maximum absolute atomic E-state index is 13.5. The van der Waals surface area contributed by atoms with E-state index in [1.165, 1.54) is 24.6 Å². The fourth-order valence-electron chi connectivity index (χ4n) is 4.06. The number of fused-ring (bicyclic) bond motifs is 1. The standard InChI is InChI=1S/C22H26N6O5/c1-14-4-5-17-23-18(27-8-6-26(7-9-27)10-11-29)15(21(32)28(17)13-14)12-16-19(30)24(2)22(33)25(3)20(16)31/h4-5,12-13,29H,6-11H2,1-3H3. The lowest BCUT2D eigenvalue weighted by Gasteiger charge is -2.35. The van der Waals surface area contributed by atoms with E-state index in [0.29, 0.717) is 44.2 Å². The van der Waals surface area contributed by atoms with Gasteiger partial charge in [0.1, 0.15) is 17.0 Å². The van der Waals surface area contributed by atoms with Gasteiger partial charge in [-0.05, 0) is 24.6 Å². The molecule has 0 unspecified atom stereocenters. The number of carbonyl (C=O) groups is 3. The molecule has 2 aliphatic rings. The number of urea groups is 1. The summed E-state index contributed by atoms with van der Waals surface area (Å²) < 4.78 is 1.39. The van der Waals surface area contributed by atoms with Crippen molar-refractivity contribution >= 4 is 35.4 Å². The minimum absolute atomic E-state index is 0.0657. The zero-order chi connectivity index (χ0) is 23.9. The lowest BCUT2D eigenvalue weighted by Crippen LogP contribution is -2.53. The third-order valence-electron chi connectivity index (χ3n) is 6.01. The fourth-order valence-corrected chi connectivity index (χ4v) is 4.06. The second kappa shape index (κ2) is 8.75. The highest BCUT2D eigenvalue weighted by Crippen LogP contribution is 2.23. The molecule has 4 rings (SSSR count). The first-order valence-corrected chi connectivity index (χ1v) is 10.7. The van der Waals surface area contributed by atoms with Gasteiger partial charge in [0.2, 0.25) is 0 Å². The number of anilines is 1. The number of carbonyl (C=O) groups excluding carboxylic acids is 3. The fraction of sp³-hybridized carbons (Fsp3) is 0.409. The van der Waals surface area contributed by atoms with Gasteiger partial charge in [-0.15, -0.1) is 0 Å². The first kappa shape index (κ1) is 22.6. The van der Waals surface area contributed by atoms with Crippen molar-refractivity contribution in [2.45, 2.75) is 6.92 Å². The topological polar surface area (TPSA) is 119 Å². The molecular weight excluding hydrogens is 428 g/mol. The molecule has 1 N–H and O–H groups in total. The molecule has 2 saturated heterocycles. The van der Waals surface area contributed by atoms with E-state index >= 15 is 0 Å². The Kier molecular flexibility index (Phi) is 6.00. The average molecular weight is 454 g/mol. The molecule has 0 saturated carbocycles. The largest absolute Gasteiger partial charge is 0.395 e. The number of rotatable bonds is 4. The molecule has 4 amide bonds. The maximum atomic E-state index is 13.5. The van der Waals surface area contributed by atoms with Gasteiger partial charge in [0.15, 0.2) is 0 Å². The number of nitrogens with zero attached hydrogens (tertiary/aromatic N) is 6. The van der Waals surface area contributed by atoms with Crippen molar-refractivity contribution in [3.8, 4) is 0 Å². The molecular formula is C22H26N6O5. The highest BCUT2D eigenvalue weighted by molar-refractivity contribution is 6.30. The first-order chi connectivity index (χ1) is 15.7. The Bertz CT molecular complexity index is 1200. The molecule has 174 valence electrons. The third-order valence-corrected chi connectivity index (χ3v) is 6.01. The van der Waals surface area contributed by atoms with Crippen LogP contribution in [0.1, 0.15) is 11.1 Å². The van der Waals surface area contributed by atoms with E-state index in [1.54, 1.807) is 12.3 Å². The summed E-state index contributed by atoms with van der Waals surface area (Å²) in [6, 6.07) is 2.87. The first-order valence-electron chi connectivity index (χ1n) is 10.7. The number of aromatic nitrogens is 2. The predicted molar refractivity (Wildman–Crippen MR) is 121 cm³/mol. The van der Waals surface area contributed by atoms with Crippen molar-refractivity contribution in [3.05, 3.63) is 45.4 Å². The van der Waals surface area contributed by atoms with Crippen LogP contribution in [0.5, 0.6) is 0 Å². The van der Waals surface area contributed by atoms with Crippen LogP contribution in [0.3, 0.4) is 0 Å². The number of hydrogen-bond donors (Lipinski definition) is 1. The second-order valence-corrected chi connectivity index (χ2v) is 8.21. The number of hydrogen-bond acceptors (Lipinski definition) is 8. The molecule has 2 aromatic heterocycles. The summed E-state index contributed by atoms with van der Waals surface area (Å²) in [5, 5.41) is 9.20. The highest BCUT2D eigenvalue weighted by Gasteiger charge is 2.38. The van der Waals surface area contributed by atoms with E-state index in [1.807, 2.05) is 17.9 Å². The summed E-state index contributed by atoms with van der Waals surface area (Å²) in [6.45, 7) is 4.94. The van der Waals surface area contributed by atoms with E-state index < -0.39 is 23.4 Å².